The van der Waals surface area contributed by atoms with Crippen molar-refractivity contribution in [2.45, 2.75) is 45.6 Å². The molecule has 0 bridgehead atoms. The van der Waals surface area contributed by atoms with Crippen LogP contribution in [0.4, 0.5) is 14.6 Å². The van der Waals surface area contributed by atoms with E-state index in [1.165, 1.54) is 0 Å². The van der Waals surface area contributed by atoms with E-state index in [4.69, 9.17) is 0 Å². The van der Waals surface area contributed by atoms with Crippen molar-refractivity contribution in [2.75, 3.05) is 18.0 Å². The minimum Gasteiger partial charge on any atom is -0.356 e. The molecule has 1 aliphatic heterocycles. The minimum absolute atomic E-state index is 0.0282. The number of halogens is 2. The fourth-order valence-electron chi connectivity index (χ4n) is 3.91. The number of fused-ring (bicyclic) bond motifs is 1. The highest BCUT2D eigenvalue weighted by Gasteiger charge is 2.24. The number of nitrogens with zero attached hydrogens (tertiary/aromatic N) is 5. The topological polar surface area (TPSA) is 63.9 Å². The number of anilines is 1. The number of alkyl halides is 2. The Kier molecular flexibility index (Phi) is 5.74. The zero-order valence-corrected chi connectivity index (χ0v) is 17.1. The zero-order valence-electron chi connectivity index (χ0n) is 17.1. The molecule has 30 heavy (non-hydrogen) atoms. The summed E-state index contributed by atoms with van der Waals surface area (Å²) in [6.07, 6.45) is 0.622. The third-order valence-electron chi connectivity index (χ3n) is 5.66. The molecule has 3 aromatic rings. The average molecular weight is 413 g/mol. The third kappa shape index (κ3) is 4.17. The van der Waals surface area contributed by atoms with Gasteiger partial charge in [-0.25, -0.2) is 23.7 Å². The average Bonchev–Trinajstić information content (AvgIpc) is 2.74. The number of para-hydroxylation sites is 1. The van der Waals surface area contributed by atoms with Gasteiger partial charge < -0.3 is 4.90 Å². The number of rotatable bonds is 5. The summed E-state index contributed by atoms with van der Waals surface area (Å²) >= 11 is 0. The van der Waals surface area contributed by atoms with Crippen LogP contribution in [-0.2, 0) is 6.54 Å². The molecule has 6 nitrogen and oxygen atoms in total. The second kappa shape index (κ2) is 8.45. The summed E-state index contributed by atoms with van der Waals surface area (Å²) in [5.41, 5.74) is 1.30. The van der Waals surface area contributed by atoms with Crippen LogP contribution in [0.2, 0.25) is 0 Å². The lowest BCUT2D eigenvalue weighted by Gasteiger charge is -2.33. The Labute approximate surface area is 173 Å². The van der Waals surface area contributed by atoms with E-state index in [0.29, 0.717) is 36.9 Å². The van der Waals surface area contributed by atoms with Gasteiger partial charge in [0.2, 0.25) is 0 Å². The maximum atomic E-state index is 13.3. The maximum Gasteiger partial charge on any atom is 0.297 e. The lowest BCUT2D eigenvalue weighted by Crippen LogP contribution is -2.37. The van der Waals surface area contributed by atoms with Crippen LogP contribution in [0, 0.1) is 5.92 Å². The van der Waals surface area contributed by atoms with Gasteiger partial charge in [-0.2, -0.15) is 0 Å². The molecule has 0 atom stereocenters. The molecule has 1 aromatic carbocycles. The highest BCUT2D eigenvalue weighted by atomic mass is 19.3. The summed E-state index contributed by atoms with van der Waals surface area (Å²) in [7, 11) is 0. The molecule has 1 aliphatic rings. The van der Waals surface area contributed by atoms with E-state index >= 15 is 0 Å². The van der Waals surface area contributed by atoms with Crippen molar-refractivity contribution in [1.82, 2.24) is 19.5 Å². The first kappa shape index (κ1) is 20.4. The van der Waals surface area contributed by atoms with Crippen LogP contribution in [0.5, 0.6) is 0 Å². The van der Waals surface area contributed by atoms with Crippen LogP contribution in [0.25, 0.3) is 10.9 Å². The second-order valence-corrected chi connectivity index (χ2v) is 8.11. The summed E-state index contributed by atoms with van der Waals surface area (Å²) < 4.78 is 28.2. The molecule has 158 valence electrons. The van der Waals surface area contributed by atoms with Crippen molar-refractivity contribution in [3.8, 4) is 0 Å². The quantitative estimate of drug-likeness (QED) is 0.628. The third-order valence-corrected chi connectivity index (χ3v) is 5.66. The van der Waals surface area contributed by atoms with Gasteiger partial charge in [0.25, 0.3) is 12.0 Å². The van der Waals surface area contributed by atoms with Crippen molar-refractivity contribution < 1.29 is 8.78 Å². The van der Waals surface area contributed by atoms with Crippen molar-refractivity contribution in [2.24, 2.45) is 5.92 Å². The van der Waals surface area contributed by atoms with Gasteiger partial charge in [0, 0.05) is 31.1 Å². The molecule has 8 heteroatoms. The number of benzene rings is 1. The fourth-order valence-corrected chi connectivity index (χ4v) is 3.91. The first-order valence-corrected chi connectivity index (χ1v) is 10.3. The maximum absolute atomic E-state index is 13.3. The van der Waals surface area contributed by atoms with Crippen LogP contribution < -0.4 is 10.5 Å². The molecule has 0 spiro atoms. The van der Waals surface area contributed by atoms with Gasteiger partial charge in [0.05, 0.1) is 17.5 Å². The Bertz CT molecular complexity index is 1090. The monoisotopic (exact) mass is 413 g/mol. The molecule has 0 N–H and O–H groups in total. The van der Waals surface area contributed by atoms with Crippen LogP contribution in [0.15, 0.2) is 41.5 Å². The predicted octanol–water partition coefficient (Wildman–Crippen LogP) is 4.16. The molecule has 0 aliphatic carbocycles. The van der Waals surface area contributed by atoms with E-state index in [-0.39, 0.29) is 11.5 Å². The molecule has 3 heterocycles. The Morgan fingerprint density at radius 2 is 1.87 bits per heavy atom. The predicted molar refractivity (Wildman–Crippen MR) is 112 cm³/mol. The lowest BCUT2D eigenvalue weighted by atomic mass is 9.96. The number of hydrogen-bond donors (Lipinski definition) is 0. The molecule has 0 amide bonds. The van der Waals surface area contributed by atoms with E-state index in [9.17, 15) is 13.6 Å². The standard InChI is InChI=1S/C22H25F2N5O/c1-14(2)18-11-19(30)29(13-25-18)12-15-7-9-28(10-8-15)22-16-5-3-4-6-17(16)26-21(27-22)20(23)24/h3-6,11,13-15,20H,7-10,12H2,1-2H3. The summed E-state index contributed by atoms with van der Waals surface area (Å²) in [6.45, 7) is 6.03. The summed E-state index contributed by atoms with van der Waals surface area (Å²) in [6, 6.07) is 8.87. The second-order valence-electron chi connectivity index (χ2n) is 8.11. The van der Waals surface area contributed by atoms with Crippen molar-refractivity contribution in [3.05, 3.63) is 58.5 Å². The Hall–Kier alpha value is -2.90. The first-order chi connectivity index (χ1) is 14.4. The molecule has 0 unspecified atom stereocenters. The number of aromatic nitrogens is 4. The fraction of sp³-hybridized carbons (Fsp3) is 0.455. The Morgan fingerprint density at radius 1 is 1.13 bits per heavy atom. The van der Waals surface area contributed by atoms with Gasteiger partial charge in [0.1, 0.15) is 5.82 Å². The highest BCUT2D eigenvalue weighted by molar-refractivity contribution is 5.89. The van der Waals surface area contributed by atoms with E-state index < -0.39 is 12.2 Å². The molecule has 1 saturated heterocycles. The molecular formula is C22H25F2N5O. The highest BCUT2D eigenvalue weighted by Crippen LogP contribution is 2.30. The minimum atomic E-state index is -2.71. The lowest BCUT2D eigenvalue weighted by molar-refractivity contribution is 0.141. The molecule has 2 aromatic heterocycles. The van der Waals surface area contributed by atoms with Gasteiger partial charge >= 0.3 is 0 Å². The molecule has 0 saturated carbocycles. The van der Waals surface area contributed by atoms with E-state index in [1.807, 2.05) is 26.0 Å². The van der Waals surface area contributed by atoms with Crippen LogP contribution >= 0.6 is 0 Å². The van der Waals surface area contributed by atoms with Crippen LogP contribution in [0.3, 0.4) is 0 Å². The zero-order chi connectivity index (χ0) is 21.3. The van der Waals surface area contributed by atoms with Crippen molar-refractivity contribution in [1.29, 1.82) is 0 Å². The molecule has 0 radical (unpaired) electrons. The largest absolute Gasteiger partial charge is 0.356 e. The van der Waals surface area contributed by atoms with Gasteiger partial charge in [0.15, 0.2) is 5.82 Å². The first-order valence-electron chi connectivity index (χ1n) is 10.3. The normalized spacial score (nSPS) is 15.5. The van der Waals surface area contributed by atoms with Gasteiger partial charge in [-0.15, -0.1) is 0 Å². The van der Waals surface area contributed by atoms with Gasteiger partial charge in [-0.1, -0.05) is 26.0 Å². The van der Waals surface area contributed by atoms with Crippen LogP contribution in [-0.4, -0.2) is 32.6 Å². The number of piperidine rings is 1. The summed E-state index contributed by atoms with van der Waals surface area (Å²) in [5.74, 6) is 0.674. The Balaban J connectivity index is 1.49. The van der Waals surface area contributed by atoms with E-state index in [1.54, 1.807) is 29.1 Å². The summed E-state index contributed by atoms with van der Waals surface area (Å²) in [5, 5.41) is 0.782. The van der Waals surface area contributed by atoms with Gasteiger partial charge in [-0.3, -0.25) is 9.36 Å². The molecule has 1 fully saturated rings. The van der Waals surface area contributed by atoms with E-state index in [0.717, 1.165) is 23.9 Å². The van der Waals surface area contributed by atoms with Crippen molar-refractivity contribution >= 4 is 16.7 Å². The van der Waals surface area contributed by atoms with Crippen molar-refractivity contribution in [3.63, 3.8) is 0 Å². The molecule has 4 rings (SSSR count). The van der Waals surface area contributed by atoms with Crippen LogP contribution in [0.1, 0.15) is 50.6 Å². The SMILES string of the molecule is CC(C)c1cc(=O)n(CC2CCN(c3nc(C(F)F)nc4ccccc34)CC2)cn1. The summed E-state index contributed by atoms with van der Waals surface area (Å²) in [4.78, 5) is 27.0. The van der Waals surface area contributed by atoms with E-state index in [2.05, 4.69) is 19.9 Å². The number of hydrogen-bond acceptors (Lipinski definition) is 5. The Morgan fingerprint density at radius 3 is 2.53 bits per heavy atom. The smallest absolute Gasteiger partial charge is 0.297 e. The molecular weight excluding hydrogens is 388 g/mol. The van der Waals surface area contributed by atoms with Gasteiger partial charge in [-0.05, 0) is 36.8 Å².